The van der Waals surface area contributed by atoms with Crippen molar-refractivity contribution in [2.75, 3.05) is 28.1 Å². The topological polar surface area (TPSA) is 139 Å². The Morgan fingerprint density at radius 2 is 1.64 bits per heavy atom. The van der Waals surface area contributed by atoms with Crippen molar-refractivity contribution in [3.05, 3.63) is 70.8 Å². The number of phenols is 1. The number of carbonyl (C=O) groups is 2. The Hall–Kier alpha value is -4.90. The van der Waals surface area contributed by atoms with E-state index in [4.69, 9.17) is 33.2 Å². The van der Waals surface area contributed by atoms with Crippen molar-refractivity contribution in [2.45, 2.75) is 45.5 Å². The van der Waals surface area contributed by atoms with E-state index in [0.29, 0.717) is 16.9 Å². The van der Waals surface area contributed by atoms with Gasteiger partial charge in [-0.1, -0.05) is 31.2 Å². The number of benzene rings is 3. The third-order valence-electron chi connectivity index (χ3n) is 8.50. The zero-order chi connectivity index (χ0) is 32.6. The first-order valence-corrected chi connectivity index (χ1v) is 14.3. The SMILES string of the molecule is CC=C(C)C(=O)OC1c2cc3c(c(OC)c2-c2c(cc(OC)c(OC)c2O)C(OC(=O)c2ccccc2)C(C)(O)C1C)OCO3. The van der Waals surface area contributed by atoms with Crippen molar-refractivity contribution >= 4 is 11.9 Å². The number of hydrogen-bond donors (Lipinski definition) is 2. The highest BCUT2D eigenvalue weighted by Crippen LogP contribution is 2.61. The minimum absolute atomic E-state index is 0.0263. The highest BCUT2D eigenvalue weighted by Gasteiger charge is 2.51. The van der Waals surface area contributed by atoms with Gasteiger partial charge in [0.1, 0.15) is 11.7 Å². The number of carbonyl (C=O) groups excluding carboxylic acids is 2. The van der Waals surface area contributed by atoms with Gasteiger partial charge in [-0.15, -0.1) is 0 Å². The Kier molecular flexibility index (Phi) is 8.57. The third kappa shape index (κ3) is 5.27. The predicted molar refractivity (Wildman–Crippen MR) is 162 cm³/mol. The number of hydrogen-bond acceptors (Lipinski definition) is 11. The monoisotopic (exact) mass is 620 g/mol. The van der Waals surface area contributed by atoms with Crippen LogP contribution in [-0.2, 0) is 14.3 Å². The lowest BCUT2D eigenvalue weighted by molar-refractivity contribution is -0.165. The van der Waals surface area contributed by atoms with E-state index < -0.39 is 41.4 Å². The maximum absolute atomic E-state index is 13.6. The van der Waals surface area contributed by atoms with Crippen molar-refractivity contribution in [3.63, 3.8) is 0 Å². The molecule has 2 aliphatic rings. The summed E-state index contributed by atoms with van der Waals surface area (Å²) in [7, 11) is 4.18. The van der Waals surface area contributed by atoms with E-state index >= 15 is 0 Å². The minimum atomic E-state index is -1.92. The second kappa shape index (κ2) is 12.2. The van der Waals surface area contributed by atoms with Crippen molar-refractivity contribution in [3.8, 4) is 45.6 Å². The minimum Gasteiger partial charge on any atom is -0.504 e. The van der Waals surface area contributed by atoms with Crippen molar-refractivity contribution in [1.82, 2.24) is 0 Å². The summed E-state index contributed by atoms with van der Waals surface area (Å²) < 4.78 is 40.7. The standard InChI is InChI=1S/C34H36O11/c1-8-17(2)32(36)44-27-18(3)34(4,38)31(45-33(37)19-12-10-9-11-13-19)21-15-22(39-5)28(40-6)26(35)24(21)25-20(27)14-23-29(30(25)41-7)43-16-42-23/h8-15,18,27,31,35,38H,16H2,1-7H3. The highest BCUT2D eigenvalue weighted by atomic mass is 16.7. The lowest BCUT2D eigenvalue weighted by Crippen LogP contribution is -2.46. The first-order valence-electron chi connectivity index (χ1n) is 14.3. The Bertz CT molecular complexity index is 1660. The van der Waals surface area contributed by atoms with Crippen LogP contribution in [-0.4, -0.2) is 55.9 Å². The Morgan fingerprint density at radius 3 is 2.27 bits per heavy atom. The molecule has 3 aromatic carbocycles. The molecule has 5 rings (SSSR count). The number of aromatic hydroxyl groups is 1. The van der Waals surface area contributed by atoms with Crippen LogP contribution in [0.15, 0.2) is 54.1 Å². The molecule has 1 heterocycles. The summed E-state index contributed by atoms with van der Waals surface area (Å²) in [6.07, 6.45) is -0.995. The average Bonchev–Trinajstić information content (AvgIpc) is 3.52. The molecule has 0 fully saturated rings. The van der Waals surface area contributed by atoms with Crippen LogP contribution in [0.4, 0.5) is 0 Å². The van der Waals surface area contributed by atoms with Gasteiger partial charge in [-0.3, -0.25) is 0 Å². The molecular weight excluding hydrogens is 584 g/mol. The summed E-state index contributed by atoms with van der Waals surface area (Å²) in [5, 5.41) is 24.3. The van der Waals surface area contributed by atoms with Gasteiger partial charge in [0.15, 0.2) is 29.1 Å². The number of ether oxygens (including phenoxy) is 7. The van der Waals surface area contributed by atoms with E-state index in [1.165, 1.54) is 34.3 Å². The van der Waals surface area contributed by atoms with Crippen molar-refractivity contribution in [1.29, 1.82) is 0 Å². The summed E-state index contributed by atoms with van der Waals surface area (Å²) in [4.78, 5) is 26.9. The first kappa shape index (κ1) is 31.5. The maximum atomic E-state index is 13.6. The van der Waals surface area contributed by atoms with Crippen LogP contribution < -0.4 is 23.7 Å². The van der Waals surface area contributed by atoms with Crippen LogP contribution >= 0.6 is 0 Å². The number of methoxy groups -OCH3 is 3. The van der Waals surface area contributed by atoms with E-state index in [9.17, 15) is 19.8 Å². The van der Waals surface area contributed by atoms with Gasteiger partial charge in [-0.25, -0.2) is 9.59 Å². The summed E-state index contributed by atoms with van der Waals surface area (Å²) >= 11 is 0. The number of fused-ring (bicyclic) bond motifs is 4. The lowest BCUT2D eigenvalue weighted by atomic mass is 9.71. The molecule has 4 unspecified atom stereocenters. The van der Waals surface area contributed by atoms with Gasteiger partial charge in [-0.05, 0) is 45.0 Å². The number of rotatable bonds is 7. The Balaban J connectivity index is 1.90. The zero-order valence-corrected chi connectivity index (χ0v) is 26.1. The molecular formula is C34H36O11. The van der Waals surface area contributed by atoms with Crippen molar-refractivity contribution < 1.29 is 53.0 Å². The lowest BCUT2D eigenvalue weighted by Gasteiger charge is -2.43. The summed E-state index contributed by atoms with van der Waals surface area (Å²) in [6, 6.07) is 11.5. The average molecular weight is 621 g/mol. The largest absolute Gasteiger partial charge is 0.504 e. The van der Waals surface area contributed by atoms with Gasteiger partial charge in [0, 0.05) is 33.7 Å². The maximum Gasteiger partial charge on any atom is 0.338 e. The van der Waals surface area contributed by atoms with Gasteiger partial charge < -0.3 is 43.4 Å². The van der Waals surface area contributed by atoms with E-state index in [2.05, 4.69) is 0 Å². The number of esters is 2. The highest BCUT2D eigenvalue weighted by molar-refractivity contribution is 5.92. The molecule has 0 radical (unpaired) electrons. The smallest absolute Gasteiger partial charge is 0.338 e. The molecule has 0 saturated carbocycles. The molecule has 0 saturated heterocycles. The van der Waals surface area contributed by atoms with Gasteiger partial charge in [-0.2, -0.15) is 0 Å². The molecule has 3 aromatic rings. The normalized spacial score (nSPS) is 21.9. The molecule has 11 nitrogen and oxygen atoms in total. The zero-order valence-electron chi connectivity index (χ0n) is 26.1. The van der Waals surface area contributed by atoms with Crippen LogP contribution in [0.2, 0.25) is 0 Å². The molecule has 2 N–H and O–H groups in total. The summed E-state index contributed by atoms with van der Waals surface area (Å²) in [5.74, 6) is -1.87. The van der Waals surface area contributed by atoms with E-state index in [0.717, 1.165) is 0 Å². The van der Waals surface area contributed by atoms with Gasteiger partial charge in [0.05, 0.1) is 26.9 Å². The number of allylic oxidation sites excluding steroid dienone is 1. The molecule has 1 aliphatic heterocycles. The molecule has 0 bridgehead atoms. The second-order valence-electron chi connectivity index (χ2n) is 11.0. The predicted octanol–water partition coefficient (Wildman–Crippen LogP) is 5.66. The molecule has 238 valence electrons. The quantitative estimate of drug-likeness (QED) is 0.250. The van der Waals surface area contributed by atoms with Crippen LogP contribution in [0.1, 0.15) is 61.4 Å². The molecule has 4 atom stereocenters. The fraction of sp³-hybridized carbons (Fsp3) is 0.353. The van der Waals surface area contributed by atoms with Crippen LogP contribution in [0.3, 0.4) is 0 Å². The van der Waals surface area contributed by atoms with Crippen LogP contribution in [0, 0.1) is 5.92 Å². The molecule has 0 amide bonds. The van der Waals surface area contributed by atoms with Gasteiger partial charge in [0.2, 0.25) is 18.3 Å². The first-order chi connectivity index (χ1) is 21.5. The van der Waals surface area contributed by atoms with Crippen LogP contribution in [0.25, 0.3) is 11.1 Å². The fourth-order valence-electron chi connectivity index (χ4n) is 5.73. The van der Waals surface area contributed by atoms with E-state index in [1.54, 1.807) is 63.2 Å². The van der Waals surface area contributed by atoms with Crippen molar-refractivity contribution in [2.24, 2.45) is 5.92 Å². The van der Waals surface area contributed by atoms with Crippen LogP contribution in [0.5, 0.6) is 34.5 Å². The molecule has 0 aromatic heterocycles. The molecule has 45 heavy (non-hydrogen) atoms. The van der Waals surface area contributed by atoms with Gasteiger partial charge >= 0.3 is 11.9 Å². The molecule has 1 aliphatic carbocycles. The Morgan fingerprint density at radius 1 is 0.956 bits per heavy atom. The Labute approximate surface area is 260 Å². The fourth-order valence-corrected chi connectivity index (χ4v) is 5.73. The summed E-state index contributed by atoms with van der Waals surface area (Å²) in [6.45, 7) is 6.37. The van der Waals surface area contributed by atoms with Gasteiger partial charge in [0.25, 0.3) is 0 Å². The molecule has 0 spiro atoms. The number of phenolic OH excluding ortho intramolecular Hbond substituents is 1. The molecule has 11 heteroatoms. The summed E-state index contributed by atoms with van der Waals surface area (Å²) in [5.41, 5.74) is -0.478. The second-order valence-corrected chi connectivity index (χ2v) is 11.0. The number of aliphatic hydroxyl groups is 1. The van der Waals surface area contributed by atoms with E-state index in [-0.39, 0.29) is 52.0 Å². The third-order valence-corrected chi connectivity index (χ3v) is 8.50. The van der Waals surface area contributed by atoms with E-state index in [1.807, 2.05) is 0 Å².